The SMILES string of the molecule is COc1cc(C2Sc3ccccc3N(CCCN(C)C)C(=O)C2O)cc(OC)c1OC. The van der Waals surface area contributed by atoms with Gasteiger partial charge in [-0.1, -0.05) is 12.1 Å². The van der Waals surface area contributed by atoms with Crippen molar-refractivity contribution in [2.45, 2.75) is 22.7 Å². The molecule has 0 aromatic heterocycles. The summed E-state index contributed by atoms with van der Waals surface area (Å²) in [5.74, 6) is 1.13. The zero-order valence-electron chi connectivity index (χ0n) is 18.6. The average molecular weight is 447 g/mol. The molecule has 2 aromatic carbocycles. The fraction of sp³-hybridized carbons (Fsp3) is 0.435. The summed E-state index contributed by atoms with van der Waals surface area (Å²) in [7, 11) is 8.64. The summed E-state index contributed by atoms with van der Waals surface area (Å²) in [6.45, 7) is 1.39. The molecule has 1 N–H and O–H groups in total. The third-order valence-electron chi connectivity index (χ3n) is 5.22. The van der Waals surface area contributed by atoms with Crippen LogP contribution in [0.1, 0.15) is 17.2 Å². The zero-order valence-corrected chi connectivity index (χ0v) is 19.4. The number of hydrogen-bond acceptors (Lipinski definition) is 7. The Morgan fingerprint density at radius 3 is 2.29 bits per heavy atom. The largest absolute Gasteiger partial charge is 0.493 e. The molecule has 1 amide bonds. The summed E-state index contributed by atoms with van der Waals surface area (Å²) in [6.07, 6.45) is -0.418. The van der Waals surface area contributed by atoms with Crippen LogP contribution >= 0.6 is 11.8 Å². The third-order valence-corrected chi connectivity index (χ3v) is 6.60. The monoisotopic (exact) mass is 446 g/mol. The number of carbonyl (C=O) groups excluding carboxylic acids is 1. The second kappa shape index (κ2) is 10.3. The molecule has 0 aliphatic carbocycles. The predicted octanol–water partition coefficient (Wildman–Crippen LogP) is 3.21. The molecule has 1 aliphatic heterocycles. The maximum Gasteiger partial charge on any atom is 0.257 e. The van der Waals surface area contributed by atoms with E-state index in [1.165, 1.54) is 11.8 Å². The highest BCUT2D eigenvalue weighted by atomic mass is 32.2. The maximum absolute atomic E-state index is 13.4. The van der Waals surface area contributed by atoms with Gasteiger partial charge in [-0.2, -0.15) is 0 Å². The number of aliphatic hydroxyl groups excluding tert-OH is 1. The normalized spacial score (nSPS) is 18.5. The lowest BCUT2D eigenvalue weighted by atomic mass is 10.0. The van der Waals surface area contributed by atoms with Crippen LogP contribution in [0.4, 0.5) is 5.69 Å². The van der Waals surface area contributed by atoms with Crippen LogP contribution in [0.25, 0.3) is 0 Å². The molecule has 31 heavy (non-hydrogen) atoms. The van der Waals surface area contributed by atoms with Crippen LogP contribution in [0.15, 0.2) is 41.3 Å². The summed E-state index contributed by atoms with van der Waals surface area (Å²) >= 11 is 1.46. The molecule has 0 spiro atoms. The van der Waals surface area contributed by atoms with Crippen LogP contribution in [0.2, 0.25) is 0 Å². The molecule has 2 aromatic rings. The van der Waals surface area contributed by atoms with E-state index < -0.39 is 11.4 Å². The number of fused-ring (bicyclic) bond motifs is 1. The number of hydrogen-bond donors (Lipinski definition) is 1. The topological polar surface area (TPSA) is 71.5 Å². The summed E-state index contributed by atoms with van der Waals surface area (Å²) < 4.78 is 16.4. The molecule has 7 nitrogen and oxygen atoms in total. The van der Waals surface area contributed by atoms with Gasteiger partial charge >= 0.3 is 0 Å². The minimum atomic E-state index is -1.22. The Hall–Kier alpha value is -2.42. The minimum Gasteiger partial charge on any atom is -0.493 e. The fourth-order valence-corrected chi connectivity index (χ4v) is 4.93. The highest BCUT2D eigenvalue weighted by molar-refractivity contribution is 7.99. The van der Waals surface area contributed by atoms with E-state index in [2.05, 4.69) is 4.90 Å². The molecule has 8 heteroatoms. The van der Waals surface area contributed by atoms with Gasteiger partial charge in [-0.3, -0.25) is 4.79 Å². The molecule has 3 rings (SSSR count). The van der Waals surface area contributed by atoms with Crippen molar-refractivity contribution in [2.24, 2.45) is 0 Å². The van der Waals surface area contributed by atoms with Crippen molar-refractivity contribution in [3.05, 3.63) is 42.0 Å². The molecule has 1 aliphatic rings. The first-order valence-corrected chi connectivity index (χ1v) is 11.0. The molecule has 2 unspecified atom stereocenters. The van der Waals surface area contributed by atoms with E-state index in [4.69, 9.17) is 14.2 Å². The first-order chi connectivity index (χ1) is 14.9. The molecule has 0 bridgehead atoms. The van der Waals surface area contributed by atoms with Gasteiger partial charge in [0.05, 0.1) is 32.3 Å². The van der Waals surface area contributed by atoms with Gasteiger partial charge in [0.1, 0.15) is 6.10 Å². The second-order valence-corrected chi connectivity index (χ2v) is 8.74. The maximum atomic E-state index is 13.4. The van der Waals surface area contributed by atoms with E-state index in [0.29, 0.717) is 23.8 Å². The Morgan fingerprint density at radius 1 is 1.06 bits per heavy atom. The Kier molecular flexibility index (Phi) is 7.69. The van der Waals surface area contributed by atoms with Gasteiger partial charge in [0.2, 0.25) is 5.75 Å². The number of ether oxygens (including phenoxy) is 3. The van der Waals surface area contributed by atoms with Crippen LogP contribution in [0, 0.1) is 0 Å². The molecular weight excluding hydrogens is 416 g/mol. The number of rotatable bonds is 8. The molecule has 0 fully saturated rings. The number of para-hydroxylation sites is 1. The summed E-state index contributed by atoms with van der Waals surface area (Å²) in [5.41, 5.74) is 1.55. The molecule has 1 heterocycles. The lowest BCUT2D eigenvalue weighted by Crippen LogP contribution is -2.41. The van der Waals surface area contributed by atoms with Crippen LogP contribution in [0.3, 0.4) is 0 Å². The van der Waals surface area contributed by atoms with Crippen molar-refractivity contribution < 1.29 is 24.1 Å². The Morgan fingerprint density at radius 2 is 1.71 bits per heavy atom. The van der Waals surface area contributed by atoms with E-state index in [9.17, 15) is 9.90 Å². The molecule has 0 saturated heterocycles. The number of aliphatic hydroxyl groups is 1. The quantitative estimate of drug-likeness (QED) is 0.668. The van der Waals surface area contributed by atoms with Crippen molar-refractivity contribution in [1.29, 1.82) is 0 Å². The number of nitrogens with zero attached hydrogens (tertiary/aromatic N) is 2. The van der Waals surface area contributed by atoms with Crippen molar-refractivity contribution >= 4 is 23.4 Å². The lowest BCUT2D eigenvalue weighted by Gasteiger charge is -2.26. The average Bonchev–Trinajstić information content (AvgIpc) is 2.88. The van der Waals surface area contributed by atoms with Gasteiger partial charge in [-0.05, 0) is 56.9 Å². The van der Waals surface area contributed by atoms with Gasteiger partial charge in [0.25, 0.3) is 5.91 Å². The summed E-state index contributed by atoms with van der Waals surface area (Å²) in [4.78, 5) is 18.1. The van der Waals surface area contributed by atoms with Gasteiger partial charge in [0, 0.05) is 11.4 Å². The van der Waals surface area contributed by atoms with Crippen molar-refractivity contribution in [3.8, 4) is 17.2 Å². The fourth-order valence-electron chi connectivity index (χ4n) is 3.68. The number of thioether (sulfide) groups is 1. The van der Waals surface area contributed by atoms with E-state index in [0.717, 1.165) is 29.1 Å². The van der Waals surface area contributed by atoms with Gasteiger partial charge < -0.3 is 29.1 Å². The van der Waals surface area contributed by atoms with E-state index in [1.54, 1.807) is 38.4 Å². The first-order valence-electron chi connectivity index (χ1n) is 10.1. The Balaban J connectivity index is 2.02. The smallest absolute Gasteiger partial charge is 0.257 e. The van der Waals surface area contributed by atoms with Crippen molar-refractivity contribution in [1.82, 2.24) is 4.90 Å². The number of amides is 1. The Labute approximate surface area is 187 Å². The highest BCUT2D eigenvalue weighted by Crippen LogP contribution is 2.49. The molecule has 0 saturated carbocycles. The number of carbonyl (C=O) groups is 1. The number of benzene rings is 2. The van der Waals surface area contributed by atoms with Gasteiger partial charge in [-0.15, -0.1) is 11.8 Å². The zero-order chi connectivity index (χ0) is 22.5. The standard InChI is InChI=1S/C23H30N2O5S/c1-24(2)11-8-12-25-16-9-6-7-10-19(16)31-22(20(26)23(25)27)15-13-17(28-3)21(30-5)18(14-15)29-4/h6-7,9-10,13-14,20,22,26H,8,11-12H2,1-5H3. The summed E-state index contributed by atoms with van der Waals surface area (Å²) in [5, 5.41) is 10.6. The highest BCUT2D eigenvalue weighted by Gasteiger charge is 2.37. The number of anilines is 1. The molecule has 2 atom stereocenters. The van der Waals surface area contributed by atoms with E-state index >= 15 is 0 Å². The van der Waals surface area contributed by atoms with Crippen LogP contribution in [0.5, 0.6) is 17.2 Å². The van der Waals surface area contributed by atoms with Crippen molar-refractivity contribution in [3.63, 3.8) is 0 Å². The molecule has 168 valence electrons. The molecular formula is C23H30N2O5S. The third kappa shape index (κ3) is 4.92. The summed E-state index contributed by atoms with van der Waals surface area (Å²) in [6, 6.07) is 11.4. The van der Waals surface area contributed by atoms with Crippen LogP contribution < -0.4 is 19.1 Å². The second-order valence-electron chi connectivity index (χ2n) is 7.56. The first kappa shape index (κ1) is 23.2. The van der Waals surface area contributed by atoms with Crippen LogP contribution in [-0.4, -0.2) is 70.5 Å². The van der Waals surface area contributed by atoms with E-state index in [1.807, 2.05) is 38.4 Å². The lowest BCUT2D eigenvalue weighted by molar-refractivity contribution is -0.126. The van der Waals surface area contributed by atoms with Gasteiger partial charge in [0.15, 0.2) is 11.5 Å². The predicted molar refractivity (Wildman–Crippen MR) is 123 cm³/mol. The minimum absolute atomic E-state index is 0.310. The van der Waals surface area contributed by atoms with Crippen molar-refractivity contribution in [2.75, 3.05) is 53.4 Å². The van der Waals surface area contributed by atoms with Gasteiger partial charge in [-0.25, -0.2) is 0 Å². The Bertz CT molecular complexity index is 896. The molecule has 0 radical (unpaired) electrons. The van der Waals surface area contributed by atoms with E-state index in [-0.39, 0.29) is 5.91 Å². The van der Waals surface area contributed by atoms with Crippen LogP contribution in [-0.2, 0) is 4.79 Å². The number of methoxy groups -OCH3 is 3.